The maximum absolute atomic E-state index is 5.81. The van der Waals surface area contributed by atoms with Crippen molar-refractivity contribution in [3.8, 4) is 11.3 Å². The van der Waals surface area contributed by atoms with Crippen LogP contribution in [0.25, 0.3) is 11.3 Å². The molecule has 78 valence electrons. The lowest BCUT2D eigenvalue weighted by Gasteiger charge is -1.96. The molecule has 1 aromatic heterocycles. The van der Waals surface area contributed by atoms with E-state index in [2.05, 4.69) is 10.4 Å². The zero-order valence-electron chi connectivity index (χ0n) is 7.90. The fraction of sp³-hybridized carbons (Fsp3) is 0.100. The summed E-state index contributed by atoms with van der Waals surface area (Å²) >= 11 is 7.40. The Morgan fingerprint density at radius 2 is 2.07 bits per heavy atom. The molecule has 0 amide bonds. The van der Waals surface area contributed by atoms with E-state index in [9.17, 15) is 0 Å². The van der Waals surface area contributed by atoms with Crippen LogP contribution in [-0.4, -0.2) is 4.98 Å². The summed E-state index contributed by atoms with van der Waals surface area (Å²) in [6.07, 6.45) is 0. The Hall–Kier alpha value is -0.940. The predicted octanol–water partition coefficient (Wildman–Crippen LogP) is 2.43. The third kappa shape index (κ3) is 2.54. The molecule has 2 rings (SSSR count). The lowest BCUT2D eigenvalue weighted by molar-refractivity contribution is 0.737. The maximum atomic E-state index is 5.81. The number of halogens is 1. The van der Waals surface area contributed by atoms with E-state index in [-0.39, 0.29) is 0 Å². The van der Waals surface area contributed by atoms with Gasteiger partial charge in [-0.3, -0.25) is 11.3 Å². The third-order valence-corrected chi connectivity index (χ3v) is 3.05. The first kappa shape index (κ1) is 10.6. The van der Waals surface area contributed by atoms with E-state index in [1.54, 1.807) is 11.3 Å². The van der Waals surface area contributed by atoms with Crippen molar-refractivity contribution in [3.05, 3.63) is 39.7 Å². The molecule has 0 saturated heterocycles. The standard InChI is InChI=1S/C10H10ClN3S/c11-8-3-1-7(2-4-8)9-6-15-10(14-9)5-13-12/h1-4,6,13H,5,12H2. The van der Waals surface area contributed by atoms with Crippen molar-refractivity contribution in [2.24, 2.45) is 5.84 Å². The summed E-state index contributed by atoms with van der Waals surface area (Å²) < 4.78 is 0. The fourth-order valence-electron chi connectivity index (χ4n) is 1.23. The summed E-state index contributed by atoms with van der Waals surface area (Å²) in [7, 11) is 0. The monoisotopic (exact) mass is 239 g/mol. The minimum atomic E-state index is 0.595. The Morgan fingerprint density at radius 3 is 2.73 bits per heavy atom. The number of thiazole rings is 1. The molecule has 3 N–H and O–H groups in total. The largest absolute Gasteiger partial charge is 0.271 e. The van der Waals surface area contributed by atoms with E-state index in [0.717, 1.165) is 21.3 Å². The van der Waals surface area contributed by atoms with Crippen molar-refractivity contribution < 1.29 is 0 Å². The average molecular weight is 240 g/mol. The smallest absolute Gasteiger partial charge is 0.108 e. The van der Waals surface area contributed by atoms with Crippen LogP contribution in [0.4, 0.5) is 0 Å². The van der Waals surface area contributed by atoms with Gasteiger partial charge >= 0.3 is 0 Å². The Balaban J connectivity index is 2.25. The summed E-state index contributed by atoms with van der Waals surface area (Å²) in [4.78, 5) is 4.43. The van der Waals surface area contributed by atoms with E-state index in [1.165, 1.54) is 0 Å². The maximum Gasteiger partial charge on any atom is 0.108 e. The Morgan fingerprint density at radius 1 is 1.33 bits per heavy atom. The highest BCUT2D eigenvalue weighted by molar-refractivity contribution is 7.09. The Bertz CT molecular complexity index is 438. The van der Waals surface area contributed by atoms with Gasteiger partial charge in [-0.05, 0) is 12.1 Å². The van der Waals surface area contributed by atoms with Crippen LogP contribution in [-0.2, 0) is 6.54 Å². The van der Waals surface area contributed by atoms with Crippen molar-refractivity contribution in [2.75, 3.05) is 0 Å². The van der Waals surface area contributed by atoms with Crippen molar-refractivity contribution in [1.29, 1.82) is 0 Å². The SMILES string of the molecule is NNCc1nc(-c2ccc(Cl)cc2)cs1. The average Bonchev–Trinajstić information content (AvgIpc) is 2.68. The fourth-order valence-corrected chi connectivity index (χ4v) is 2.11. The number of nitrogens with two attached hydrogens (primary N) is 1. The van der Waals surface area contributed by atoms with E-state index < -0.39 is 0 Å². The van der Waals surface area contributed by atoms with Crippen LogP contribution >= 0.6 is 22.9 Å². The number of hydrogen-bond donors (Lipinski definition) is 2. The second-order valence-corrected chi connectivity index (χ2v) is 4.39. The van der Waals surface area contributed by atoms with Gasteiger partial charge in [0, 0.05) is 16.0 Å². The lowest BCUT2D eigenvalue weighted by Crippen LogP contribution is -2.20. The van der Waals surface area contributed by atoms with E-state index in [0.29, 0.717) is 6.54 Å². The van der Waals surface area contributed by atoms with Crippen LogP contribution < -0.4 is 11.3 Å². The van der Waals surface area contributed by atoms with Crippen molar-refractivity contribution in [2.45, 2.75) is 6.54 Å². The molecule has 5 heteroatoms. The highest BCUT2D eigenvalue weighted by Crippen LogP contribution is 2.23. The van der Waals surface area contributed by atoms with Crippen LogP contribution in [0.5, 0.6) is 0 Å². The Kier molecular flexibility index (Phi) is 3.33. The number of nitrogens with one attached hydrogen (secondary N) is 1. The molecular weight excluding hydrogens is 230 g/mol. The third-order valence-electron chi connectivity index (χ3n) is 1.95. The van der Waals surface area contributed by atoms with Crippen molar-refractivity contribution in [3.63, 3.8) is 0 Å². The normalized spacial score (nSPS) is 10.5. The summed E-state index contributed by atoms with van der Waals surface area (Å²) in [6, 6.07) is 7.63. The second-order valence-electron chi connectivity index (χ2n) is 3.01. The second kappa shape index (κ2) is 4.72. The van der Waals surface area contributed by atoms with Gasteiger partial charge in [-0.2, -0.15) is 0 Å². The minimum absolute atomic E-state index is 0.595. The van der Waals surface area contributed by atoms with E-state index in [4.69, 9.17) is 17.4 Å². The van der Waals surface area contributed by atoms with Crippen LogP contribution in [0.1, 0.15) is 5.01 Å². The topological polar surface area (TPSA) is 50.9 Å². The number of rotatable bonds is 3. The van der Waals surface area contributed by atoms with Gasteiger partial charge in [0.1, 0.15) is 5.01 Å². The molecule has 15 heavy (non-hydrogen) atoms. The first-order chi connectivity index (χ1) is 7.29. The van der Waals surface area contributed by atoms with Gasteiger partial charge in [-0.25, -0.2) is 4.98 Å². The molecule has 0 aliphatic rings. The van der Waals surface area contributed by atoms with Gasteiger partial charge in [0.2, 0.25) is 0 Å². The van der Waals surface area contributed by atoms with Crippen LogP contribution in [0, 0.1) is 0 Å². The molecule has 0 aliphatic heterocycles. The van der Waals surface area contributed by atoms with Gasteiger partial charge in [0.15, 0.2) is 0 Å². The number of hydrazine groups is 1. The molecular formula is C10H10ClN3S. The molecule has 3 nitrogen and oxygen atoms in total. The van der Waals surface area contributed by atoms with Gasteiger partial charge < -0.3 is 0 Å². The van der Waals surface area contributed by atoms with Crippen LogP contribution in [0.2, 0.25) is 5.02 Å². The van der Waals surface area contributed by atoms with Crippen LogP contribution in [0.3, 0.4) is 0 Å². The number of benzene rings is 1. The summed E-state index contributed by atoms with van der Waals surface area (Å²) in [5.41, 5.74) is 4.61. The number of nitrogens with zero attached hydrogens (tertiary/aromatic N) is 1. The highest BCUT2D eigenvalue weighted by Gasteiger charge is 2.03. The lowest BCUT2D eigenvalue weighted by atomic mass is 10.2. The van der Waals surface area contributed by atoms with Crippen LogP contribution in [0.15, 0.2) is 29.6 Å². The van der Waals surface area contributed by atoms with E-state index >= 15 is 0 Å². The molecule has 0 radical (unpaired) electrons. The van der Waals surface area contributed by atoms with Gasteiger partial charge in [0.05, 0.1) is 12.2 Å². The summed E-state index contributed by atoms with van der Waals surface area (Å²) in [5.74, 6) is 5.23. The number of aromatic nitrogens is 1. The zero-order valence-corrected chi connectivity index (χ0v) is 9.48. The van der Waals surface area contributed by atoms with Gasteiger partial charge in [-0.15, -0.1) is 11.3 Å². The minimum Gasteiger partial charge on any atom is -0.271 e. The first-order valence-corrected chi connectivity index (χ1v) is 5.69. The Labute approximate surface area is 96.9 Å². The summed E-state index contributed by atoms with van der Waals surface area (Å²) in [6.45, 7) is 0.595. The number of hydrogen-bond acceptors (Lipinski definition) is 4. The quantitative estimate of drug-likeness (QED) is 0.639. The first-order valence-electron chi connectivity index (χ1n) is 4.43. The molecule has 2 aromatic rings. The molecule has 0 atom stereocenters. The van der Waals surface area contributed by atoms with Gasteiger partial charge in [-0.1, -0.05) is 23.7 Å². The highest BCUT2D eigenvalue weighted by atomic mass is 35.5. The molecule has 0 fully saturated rings. The molecule has 0 unspecified atom stereocenters. The van der Waals surface area contributed by atoms with E-state index in [1.807, 2.05) is 29.6 Å². The molecule has 1 aromatic carbocycles. The molecule has 0 saturated carbocycles. The molecule has 0 bridgehead atoms. The van der Waals surface area contributed by atoms with Crippen molar-refractivity contribution in [1.82, 2.24) is 10.4 Å². The zero-order chi connectivity index (χ0) is 10.7. The summed E-state index contributed by atoms with van der Waals surface area (Å²) in [5, 5.41) is 3.72. The predicted molar refractivity (Wildman–Crippen MR) is 63.6 cm³/mol. The van der Waals surface area contributed by atoms with Crippen molar-refractivity contribution >= 4 is 22.9 Å². The van der Waals surface area contributed by atoms with Gasteiger partial charge in [0.25, 0.3) is 0 Å². The molecule has 0 spiro atoms. The molecule has 1 heterocycles. The molecule has 0 aliphatic carbocycles.